The van der Waals surface area contributed by atoms with Gasteiger partial charge in [-0.05, 0) is 42.0 Å². The van der Waals surface area contributed by atoms with E-state index in [4.69, 9.17) is 10.7 Å². The maximum Gasteiger partial charge on any atom is 0.269 e. The number of hydrogen-bond donors (Lipinski definition) is 1. The van der Waals surface area contributed by atoms with Crippen LogP contribution in [0.1, 0.15) is 5.56 Å². The number of para-hydroxylation sites is 2. The summed E-state index contributed by atoms with van der Waals surface area (Å²) in [7, 11) is 0. The lowest BCUT2D eigenvalue weighted by molar-refractivity contribution is -0.384. The molecule has 0 saturated heterocycles. The zero-order valence-corrected chi connectivity index (χ0v) is 13.9. The number of fused-ring (bicyclic) bond motifs is 1. The first-order valence-corrected chi connectivity index (χ1v) is 8.16. The van der Waals surface area contributed by atoms with Gasteiger partial charge in [0.15, 0.2) is 0 Å². The molecule has 0 saturated carbocycles. The van der Waals surface area contributed by atoms with E-state index < -0.39 is 4.92 Å². The second kappa shape index (κ2) is 6.33. The van der Waals surface area contributed by atoms with Crippen LogP contribution in [0.25, 0.3) is 22.4 Å². The van der Waals surface area contributed by atoms with Crippen LogP contribution in [0, 0.1) is 10.1 Å². The molecule has 0 aliphatic heterocycles. The van der Waals surface area contributed by atoms with Crippen molar-refractivity contribution in [3.05, 3.63) is 88.5 Å². The van der Waals surface area contributed by atoms with Gasteiger partial charge in [-0.3, -0.25) is 10.1 Å². The zero-order valence-electron chi connectivity index (χ0n) is 13.9. The molecule has 4 rings (SSSR count). The van der Waals surface area contributed by atoms with E-state index in [1.807, 2.05) is 48.5 Å². The maximum atomic E-state index is 10.9. The van der Waals surface area contributed by atoms with Crippen molar-refractivity contribution in [2.45, 2.75) is 6.54 Å². The number of nitrogen functional groups attached to an aromatic ring is 1. The van der Waals surface area contributed by atoms with E-state index in [0.29, 0.717) is 12.2 Å². The Bertz CT molecular complexity index is 1080. The summed E-state index contributed by atoms with van der Waals surface area (Å²) in [6.07, 6.45) is 0. The summed E-state index contributed by atoms with van der Waals surface area (Å²) in [5.74, 6) is 0.838. The van der Waals surface area contributed by atoms with E-state index in [0.717, 1.165) is 28.0 Å². The smallest absolute Gasteiger partial charge is 0.269 e. The summed E-state index contributed by atoms with van der Waals surface area (Å²) in [6.45, 7) is 0.568. The Kier molecular flexibility index (Phi) is 3.85. The lowest BCUT2D eigenvalue weighted by atomic mass is 10.1. The van der Waals surface area contributed by atoms with Gasteiger partial charge in [0.25, 0.3) is 5.69 Å². The minimum Gasteiger partial charge on any atom is -0.399 e. The lowest BCUT2D eigenvalue weighted by Gasteiger charge is -2.10. The Morgan fingerprint density at radius 3 is 2.35 bits per heavy atom. The number of nitrogens with two attached hydrogens (primary N) is 1. The van der Waals surface area contributed by atoms with Crippen LogP contribution in [0.15, 0.2) is 72.8 Å². The van der Waals surface area contributed by atoms with Crippen LogP contribution >= 0.6 is 0 Å². The van der Waals surface area contributed by atoms with E-state index in [-0.39, 0.29) is 5.69 Å². The maximum absolute atomic E-state index is 10.9. The minimum atomic E-state index is -0.393. The SMILES string of the molecule is Nc1ccc(-c2nc3ccccc3n2Cc2ccc([N+](=O)[O-])cc2)cc1. The molecule has 0 fully saturated rings. The first kappa shape index (κ1) is 15.8. The van der Waals surface area contributed by atoms with Crippen molar-refractivity contribution in [2.75, 3.05) is 5.73 Å². The summed E-state index contributed by atoms with van der Waals surface area (Å²) in [5, 5.41) is 10.9. The Balaban J connectivity index is 1.81. The normalized spacial score (nSPS) is 10.9. The highest BCUT2D eigenvalue weighted by atomic mass is 16.6. The molecular formula is C20H16N4O2. The summed E-state index contributed by atoms with van der Waals surface area (Å²) >= 11 is 0. The molecule has 1 aromatic heterocycles. The Hall–Kier alpha value is -3.67. The summed E-state index contributed by atoms with van der Waals surface area (Å²) in [4.78, 5) is 15.2. The predicted molar refractivity (Wildman–Crippen MR) is 102 cm³/mol. The van der Waals surface area contributed by atoms with Gasteiger partial charge >= 0.3 is 0 Å². The van der Waals surface area contributed by atoms with Crippen LogP contribution in [0.4, 0.5) is 11.4 Å². The molecule has 0 atom stereocenters. The molecule has 0 bridgehead atoms. The molecule has 0 unspecified atom stereocenters. The van der Waals surface area contributed by atoms with Gasteiger partial charge in [-0.25, -0.2) is 4.98 Å². The third-order valence-corrected chi connectivity index (χ3v) is 4.31. The van der Waals surface area contributed by atoms with Gasteiger partial charge in [-0.15, -0.1) is 0 Å². The van der Waals surface area contributed by atoms with Gasteiger partial charge in [-0.2, -0.15) is 0 Å². The Morgan fingerprint density at radius 2 is 1.65 bits per heavy atom. The van der Waals surface area contributed by atoms with Crippen LogP contribution < -0.4 is 5.73 Å². The molecule has 26 heavy (non-hydrogen) atoms. The fourth-order valence-electron chi connectivity index (χ4n) is 2.99. The van der Waals surface area contributed by atoms with Gasteiger partial charge in [-0.1, -0.05) is 24.3 Å². The number of benzene rings is 3. The third kappa shape index (κ3) is 2.88. The number of rotatable bonds is 4. The highest BCUT2D eigenvalue weighted by molar-refractivity contribution is 5.81. The molecule has 2 N–H and O–H groups in total. The number of nitro benzene ring substituents is 1. The molecule has 3 aromatic carbocycles. The number of non-ortho nitro benzene ring substituents is 1. The van der Waals surface area contributed by atoms with Crippen molar-refractivity contribution in [3.8, 4) is 11.4 Å². The summed E-state index contributed by atoms with van der Waals surface area (Å²) in [5.41, 5.74) is 10.4. The predicted octanol–water partition coefficient (Wildman–Crippen LogP) is 4.24. The monoisotopic (exact) mass is 344 g/mol. The molecule has 0 aliphatic carbocycles. The quantitative estimate of drug-likeness (QED) is 0.341. The van der Waals surface area contributed by atoms with Crippen LogP contribution in [0.3, 0.4) is 0 Å². The molecule has 6 nitrogen and oxygen atoms in total. The van der Waals surface area contributed by atoms with Crippen LogP contribution in [-0.4, -0.2) is 14.5 Å². The van der Waals surface area contributed by atoms with E-state index in [9.17, 15) is 10.1 Å². The molecule has 6 heteroatoms. The standard InChI is InChI=1S/C20H16N4O2/c21-16-9-7-15(8-10-16)20-22-18-3-1-2-4-19(18)23(20)13-14-5-11-17(12-6-14)24(25)26/h1-12H,13,21H2. The first-order chi connectivity index (χ1) is 12.6. The second-order valence-electron chi connectivity index (χ2n) is 6.06. The average molecular weight is 344 g/mol. The van der Waals surface area contributed by atoms with Gasteiger partial charge < -0.3 is 10.3 Å². The number of hydrogen-bond acceptors (Lipinski definition) is 4. The number of anilines is 1. The molecule has 0 spiro atoms. The fraction of sp³-hybridized carbons (Fsp3) is 0.0500. The van der Waals surface area contributed by atoms with E-state index >= 15 is 0 Å². The zero-order chi connectivity index (χ0) is 18.1. The van der Waals surface area contributed by atoms with E-state index in [1.54, 1.807) is 12.1 Å². The Labute approximate surface area is 149 Å². The molecule has 128 valence electrons. The molecular weight excluding hydrogens is 328 g/mol. The number of imidazole rings is 1. The molecule has 0 aliphatic rings. The summed E-state index contributed by atoms with van der Waals surface area (Å²) < 4.78 is 2.11. The van der Waals surface area contributed by atoms with Crippen LogP contribution in [-0.2, 0) is 6.54 Å². The van der Waals surface area contributed by atoms with Crippen LogP contribution in [0.5, 0.6) is 0 Å². The molecule has 0 amide bonds. The fourth-order valence-corrected chi connectivity index (χ4v) is 2.99. The van der Waals surface area contributed by atoms with Crippen molar-refractivity contribution in [1.29, 1.82) is 0 Å². The van der Waals surface area contributed by atoms with Crippen molar-refractivity contribution in [1.82, 2.24) is 9.55 Å². The van der Waals surface area contributed by atoms with Gasteiger partial charge in [0.1, 0.15) is 5.82 Å². The minimum absolute atomic E-state index is 0.0861. The topological polar surface area (TPSA) is 87.0 Å². The van der Waals surface area contributed by atoms with Crippen molar-refractivity contribution in [3.63, 3.8) is 0 Å². The van der Waals surface area contributed by atoms with Crippen molar-refractivity contribution < 1.29 is 4.92 Å². The number of nitro groups is 1. The van der Waals surface area contributed by atoms with E-state index in [1.165, 1.54) is 12.1 Å². The average Bonchev–Trinajstić information content (AvgIpc) is 3.01. The molecule has 1 heterocycles. The highest BCUT2D eigenvalue weighted by Crippen LogP contribution is 2.27. The van der Waals surface area contributed by atoms with Gasteiger partial charge in [0.05, 0.1) is 16.0 Å². The largest absolute Gasteiger partial charge is 0.399 e. The van der Waals surface area contributed by atoms with Gasteiger partial charge in [0, 0.05) is 29.9 Å². The first-order valence-electron chi connectivity index (χ1n) is 8.16. The van der Waals surface area contributed by atoms with Gasteiger partial charge in [0.2, 0.25) is 0 Å². The van der Waals surface area contributed by atoms with Crippen molar-refractivity contribution in [2.24, 2.45) is 0 Å². The number of aromatic nitrogens is 2. The summed E-state index contributed by atoms with van der Waals surface area (Å²) in [6, 6.07) is 22.1. The van der Waals surface area contributed by atoms with Crippen molar-refractivity contribution >= 4 is 22.4 Å². The second-order valence-corrected chi connectivity index (χ2v) is 6.06. The number of nitrogens with zero attached hydrogens (tertiary/aromatic N) is 3. The molecule has 4 aromatic rings. The third-order valence-electron chi connectivity index (χ3n) is 4.31. The molecule has 0 radical (unpaired) electrons. The lowest BCUT2D eigenvalue weighted by Crippen LogP contribution is -2.02. The van der Waals surface area contributed by atoms with E-state index in [2.05, 4.69) is 4.57 Å². The van der Waals surface area contributed by atoms with Crippen LogP contribution in [0.2, 0.25) is 0 Å². The Morgan fingerprint density at radius 1 is 0.962 bits per heavy atom. The highest BCUT2D eigenvalue weighted by Gasteiger charge is 2.13.